The number of aliphatic imine (C=N–C) groups is 1. The first-order chi connectivity index (χ1) is 12.1. The summed E-state index contributed by atoms with van der Waals surface area (Å²) >= 11 is 0. The molecule has 0 aliphatic carbocycles. The Kier molecular flexibility index (Phi) is 5.61. The van der Waals surface area contributed by atoms with Crippen molar-refractivity contribution in [3.8, 4) is 0 Å². The van der Waals surface area contributed by atoms with E-state index in [0.717, 1.165) is 61.7 Å². The third-order valence-corrected chi connectivity index (χ3v) is 5.07. The summed E-state index contributed by atoms with van der Waals surface area (Å²) < 4.78 is 2.31. The number of likely N-dealkylation sites (tertiary alicyclic amines) is 1. The minimum atomic E-state index is 0.738. The Labute approximate surface area is 151 Å². The zero-order chi connectivity index (χ0) is 17.8. The van der Waals surface area contributed by atoms with Crippen LogP contribution in [0.25, 0.3) is 11.0 Å². The molecular formula is C20H31N5. The molecule has 1 aromatic heterocycles. The van der Waals surface area contributed by atoms with Gasteiger partial charge in [-0.1, -0.05) is 26.0 Å². The SMILES string of the molecule is CN=C(NCCCn1c(C)nc2ccccc21)N1CC(C)CC(C)C1. The molecular weight excluding hydrogens is 310 g/mol. The fraction of sp³-hybridized carbons (Fsp3) is 0.600. The molecule has 1 fully saturated rings. The van der Waals surface area contributed by atoms with E-state index in [1.54, 1.807) is 0 Å². The summed E-state index contributed by atoms with van der Waals surface area (Å²) in [6, 6.07) is 8.36. The first-order valence-corrected chi connectivity index (χ1v) is 9.46. The predicted molar refractivity (Wildman–Crippen MR) is 105 cm³/mol. The van der Waals surface area contributed by atoms with E-state index in [4.69, 9.17) is 0 Å². The van der Waals surface area contributed by atoms with Gasteiger partial charge in [-0.3, -0.25) is 4.99 Å². The lowest BCUT2D eigenvalue weighted by Gasteiger charge is -2.37. The average molecular weight is 342 g/mol. The molecule has 2 aromatic rings. The number of hydrogen-bond donors (Lipinski definition) is 1. The van der Waals surface area contributed by atoms with Crippen molar-refractivity contribution in [2.45, 2.75) is 40.2 Å². The lowest BCUT2D eigenvalue weighted by atomic mass is 9.92. The average Bonchev–Trinajstić information content (AvgIpc) is 2.89. The van der Waals surface area contributed by atoms with E-state index in [2.05, 4.69) is 63.7 Å². The molecule has 0 bridgehead atoms. The molecule has 25 heavy (non-hydrogen) atoms. The summed E-state index contributed by atoms with van der Waals surface area (Å²) in [5, 5.41) is 3.55. The smallest absolute Gasteiger partial charge is 0.193 e. The van der Waals surface area contributed by atoms with Crippen molar-refractivity contribution in [1.82, 2.24) is 19.8 Å². The Bertz CT molecular complexity index is 723. The van der Waals surface area contributed by atoms with Gasteiger partial charge in [0.1, 0.15) is 5.82 Å². The summed E-state index contributed by atoms with van der Waals surface area (Å²) in [7, 11) is 1.89. The van der Waals surface area contributed by atoms with Crippen LogP contribution in [0.2, 0.25) is 0 Å². The fourth-order valence-corrected chi connectivity index (χ4v) is 4.08. The van der Waals surface area contributed by atoms with Crippen LogP contribution < -0.4 is 5.32 Å². The van der Waals surface area contributed by atoms with Crippen LogP contribution in [-0.2, 0) is 6.54 Å². The highest BCUT2D eigenvalue weighted by atomic mass is 15.3. The summed E-state index contributed by atoms with van der Waals surface area (Å²) in [4.78, 5) is 11.6. The minimum absolute atomic E-state index is 0.738. The Hall–Kier alpha value is -2.04. The molecule has 5 heteroatoms. The Morgan fingerprint density at radius 2 is 1.96 bits per heavy atom. The molecule has 1 saturated heterocycles. The molecule has 5 nitrogen and oxygen atoms in total. The second-order valence-corrected chi connectivity index (χ2v) is 7.48. The van der Waals surface area contributed by atoms with Gasteiger partial charge in [-0.05, 0) is 43.7 Å². The van der Waals surface area contributed by atoms with Crippen molar-refractivity contribution in [2.75, 3.05) is 26.7 Å². The first-order valence-electron chi connectivity index (χ1n) is 9.46. The molecule has 1 aromatic carbocycles. The van der Waals surface area contributed by atoms with Gasteiger partial charge in [0.2, 0.25) is 0 Å². The Balaban J connectivity index is 1.54. The number of benzene rings is 1. The number of piperidine rings is 1. The van der Waals surface area contributed by atoms with E-state index in [9.17, 15) is 0 Å². The van der Waals surface area contributed by atoms with Crippen molar-refractivity contribution in [3.63, 3.8) is 0 Å². The predicted octanol–water partition coefficient (Wildman–Crippen LogP) is 3.29. The quantitative estimate of drug-likeness (QED) is 0.527. The maximum absolute atomic E-state index is 4.64. The monoisotopic (exact) mass is 341 g/mol. The van der Waals surface area contributed by atoms with Gasteiger partial charge in [0.25, 0.3) is 0 Å². The maximum Gasteiger partial charge on any atom is 0.193 e. The van der Waals surface area contributed by atoms with Crippen LogP contribution in [0.4, 0.5) is 0 Å². The first kappa shape index (κ1) is 17.8. The van der Waals surface area contributed by atoms with Gasteiger partial charge in [-0.15, -0.1) is 0 Å². The second kappa shape index (κ2) is 7.89. The van der Waals surface area contributed by atoms with Crippen molar-refractivity contribution in [3.05, 3.63) is 30.1 Å². The zero-order valence-corrected chi connectivity index (χ0v) is 16.0. The van der Waals surface area contributed by atoms with Gasteiger partial charge < -0.3 is 14.8 Å². The van der Waals surface area contributed by atoms with E-state index < -0.39 is 0 Å². The highest BCUT2D eigenvalue weighted by Crippen LogP contribution is 2.21. The van der Waals surface area contributed by atoms with Crippen molar-refractivity contribution in [1.29, 1.82) is 0 Å². The lowest BCUT2D eigenvalue weighted by molar-refractivity contribution is 0.208. The van der Waals surface area contributed by atoms with Crippen molar-refractivity contribution < 1.29 is 0 Å². The molecule has 0 spiro atoms. The van der Waals surface area contributed by atoms with Crippen LogP contribution >= 0.6 is 0 Å². The Morgan fingerprint density at radius 1 is 1.24 bits per heavy atom. The van der Waals surface area contributed by atoms with Gasteiger partial charge in [0.15, 0.2) is 5.96 Å². The molecule has 0 saturated carbocycles. The third-order valence-electron chi connectivity index (χ3n) is 5.07. The number of hydrogen-bond acceptors (Lipinski definition) is 2. The molecule has 0 amide bonds. The summed E-state index contributed by atoms with van der Waals surface area (Å²) in [6.45, 7) is 10.9. The van der Waals surface area contributed by atoms with Gasteiger partial charge in [0.05, 0.1) is 11.0 Å². The van der Waals surface area contributed by atoms with E-state index in [1.165, 1.54) is 11.9 Å². The van der Waals surface area contributed by atoms with Crippen molar-refractivity contribution >= 4 is 17.0 Å². The van der Waals surface area contributed by atoms with Crippen LogP contribution in [0.15, 0.2) is 29.3 Å². The van der Waals surface area contributed by atoms with Gasteiger partial charge in [0, 0.05) is 33.2 Å². The normalized spacial score (nSPS) is 21.8. The number of nitrogens with one attached hydrogen (secondary N) is 1. The zero-order valence-electron chi connectivity index (χ0n) is 16.0. The van der Waals surface area contributed by atoms with E-state index >= 15 is 0 Å². The number of fused-ring (bicyclic) bond motifs is 1. The summed E-state index contributed by atoms with van der Waals surface area (Å²) in [6.07, 6.45) is 2.37. The standard InChI is InChI=1S/C20H31N5/c1-15-12-16(2)14-24(13-15)20(21-4)22-10-7-11-25-17(3)23-18-8-5-6-9-19(18)25/h5-6,8-9,15-16H,7,10-14H2,1-4H3,(H,21,22). The van der Waals surface area contributed by atoms with Gasteiger partial charge in [-0.2, -0.15) is 0 Å². The van der Waals surface area contributed by atoms with Gasteiger partial charge in [-0.25, -0.2) is 4.98 Å². The number of aromatic nitrogens is 2. The number of para-hydroxylation sites is 2. The minimum Gasteiger partial charge on any atom is -0.356 e. The van der Waals surface area contributed by atoms with Gasteiger partial charge >= 0.3 is 0 Å². The number of rotatable bonds is 4. The molecule has 1 aliphatic rings. The molecule has 3 rings (SSSR count). The van der Waals surface area contributed by atoms with Crippen LogP contribution in [0.1, 0.15) is 32.5 Å². The van der Waals surface area contributed by atoms with E-state index in [0.29, 0.717) is 0 Å². The van der Waals surface area contributed by atoms with Crippen LogP contribution in [0.3, 0.4) is 0 Å². The topological polar surface area (TPSA) is 45.5 Å². The molecule has 2 atom stereocenters. The van der Waals surface area contributed by atoms with E-state index in [1.807, 2.05) is 13.1 Å². The summed E-state index contributed by atoms with van der Waals surface area (Å²) in [5.74, 6) is 3.61. The maximum atomic E-state index is 4.64. The second-order valence-electron chi connectivity index (χ2n) is 7.48. The third kappa shape index (κ3) is 4.14. The molecule has 136 valence electrons. The van der Waals surface area contributed by atoms with Crippen LogP contribution in [0.5, 0.6) is 0 Å². The number of nitrogens with zero attached hydrogens (tertiary/aromatic N) is 4. The highest BCUT2D eigenvalue weighted by molar-refractivity contribution is 5.80. The van der Waals surface area contributed by atoms with Crippen LogP contribution in [-0.4, -0.2) is 47.1 Å². The molecule has 1 aliphatic heterocycles. The number of imidazole rings is 1. The van der Waals surface area contributed by atoms with E-state index in [-0.39, 0.29) is 0 Å². The lowest BCUT2D eigenvalue weighted by Crippen LogP contribution is -2.48. The molecule has 0 radical (unpaired) electrons. The number of aryl methyl sites for hydroxylation is 2. The Morgan fingerprint density at radius 3 is 2.68 bits per heavy atom. The van der Waals surface area contributed by atoms with Crippen LogP contribution in [0, 0.1) is 18.8 Å². The fourth-order valence-electron chi connectivity index (χ4n) is 4.08. The molecule has 2 unspecified atom stereocenters. The molecule has 2 heterocycles. The highest BCUT2D eigenvalue weighted by Gasteiger charge is 2.23. The summed E-state index contributed by atoms with van der Waals surface area (Å²) in [5.41, 5.74) is 2.31. The number of guanidine groups is 1. The van der Waals surface area contributed by atoms with Crippen molar-refractivity contribution in [2.24, 2.45) is 16.8 Å². The molecule has 1 N–H and O–H groups in total. The largest absolute Gasteiger partial charge is 0.356 e.